The molecule has 0 aromatic heterocycles. The van der Waals surface area contributed by atoms with Crippen LogP contribution in [-0.2, 0) is 9.59 Å². The normalized spacial score (nSPS) is 26.4. The van der Waals surface area contributed by atoms with Gasteiger partial charge in [0.15, 0.2) is 0 Å². The number of carbonyl (C=O) groups is 2. The van der Waals surface area contributed by atoms with Crippen molar-refractivity contribution in [2.45, 2.75) is 51.2 Å². The second-order valence-electron chi connectivity index (χ2n) is 5.71. The lowest BCUT2D eigenvalue weighted by Gasteiger charge is -2.35. The van der Waals surface area contributed by atoms with Gasteiger partial charge < -0.3 is 15.6 Å². The highest BCUT2D eigenvalue weighted by molar-refractivity contribution is 5.94. The Labute approximate surface area is 106 Å². The third-order valence-corrected chi connectivity index (χ3v) is 3.37. The zero-order valence-electron chi connectivity index (χ0n) is 11.1. The molecule has 1 aliphatic heterocycles. The van der Waals surface area contributed by atoms with Crippen molar-refractivity contribution in [1.29, 1.82) is 0 Å². The van der Waals surface area contributed by atoms with Crippen LogP contribution in [0.15, 0.2) is 12.2 Å². The van der Waals surface area contributed by atoms with Crippen molar-refractivity contribution in [3.8, 4) is 0 Å². The maximum Gasteiger partial charge on any atom is 0.328 e. The van der Waals surface area contributed by atoms with Gasteiger partial charge in [0.25, 0.3) is 0 Å². The van der Waals surface area contributed by atoms with Gasteiger partial charge in [0.2, 0.25) is 5.91 Å². The van der Waals surface area contributed by atoms with E-state index in [4.69, 9.17) is 5.11 Å². The van der Waals surface area contributed by atoms with E-state index < -0.39 is 23.0 Å². The first-order valence-electron chi connectivity index (χ1n) is 5.78. The highest BCUT2D eigenvalue weighted by Crippen LogP contribution is 2.38. The second kappa shape index (κ2) is 4.70. The summed E-state index contributed by atoms with van der Waals surface area (Å²) in [7, 11) is 0. The molecule has 0 spiro atoms. The van der Waals surface area contributed by atoms with E-state index in [0.717, 1.165) is 12.2 Å². The second-order valence-corrected chi connectivity index (χ2v) is 5.71. The number of carboxylic acids is 1. The number of nitrogens with zero attached hydrogens (tertiary/aromatic N) is 1. The quantitative estimate of drug-likeness (QED) is 0.649. The van der Waals surface area contributed by atoms with E-state index in [2.05, 4.69) is 5.32 Å². The topological polar surface area (TPSA) is 89.9 Å². The van der Waals surface area contributed by atoms with Gasteiger partial charge in [0.1, 0.15) is 0 Å². The first-order valence-corrected chi connectivity index (χ1v) is 5.78. The van der Waals surface area contributed by atoms with Gasteiger partial charge in [-0.3, -0.25) is 4.79 Å². The van der Waals surface area contributed by atoms with Crippen molar-refractivity contribution >= 4 is 11.9 Å². The van der Waals surface area contributed by atoms with Gasteiger partial charge in [-0.2, -0.15) is 5.06 Å². The van der Waals surface area contributed by atoms with Crippen LogP contribution >= 0.6 is 0 Å². The van der Waals surface area contributed by atoms with Gasteiger partial charge in [-0.15, -0.1) is 0 Å². The van der Waals surface area contributed by atoms with Crippen molar-refractivity contribution < 1.29 is 19.9 Å². The summed E-state index contributed by atoms with van der Waals surface area (Å²) in [5, 5.41) is 22.5. The van der Waals surface area contributed by atoms with Crippen molar-refractivity contribution in [2.75, 3.05) is 0 Å². The average molecular weight is 256 g/mol. The highest BCUT2D eigenvalue weighted by atomic mass is 16.5. The molecular formula is C12H20N2O4. The Morgan fingerprint density at radius 2 is 1.83 bits per heavy atom. The van der Waals surface area contributed by atoms with Crippen LogP contribution in [0.25, 0.3) is 0 Å². The molecule has 1 atom stereocenters. The molecular weight excluding hydrogens is 236 g/mol. The molecule has 0 bridgehead atoms. The molecule has 1 aliphatic rings. The Kier molecular flexibility index (Phi) is 3.83. The fourth-order valence-electron chi connectivity index (χ4n) is 2.36. The molecule has 3 N–H and O–H groups in total. The number of hydrogen-bond acceptors (Lipinski definition) is 4. The molecule has 1 unspecified atom stereocenters. The smallest absolute Gasteiger partial charge is 0.328 e. The van der Waals surface area contributed by atoms with Crippen LogP contribution in [0.3, 0.4) is 0 Å². The van der Waals surface area contributed by atoms with Gasteiger partial charge in [-0.05, 0) is 34.1 Å². The summed E-state index contributed by atoms with van der Waals surface area (Å²) in [5.74, 6) is -1.64. The molecule has 0 radical (unpaired) electrons. The molecule has 1 heterocycles. The molecule has 1 rings (SSSR count). The lowest BCUT2D eigenvalue weighted by molar-refractivity contribution is -0.194. The molecule has 0 saturated carbocycles. The number of rotatable bonds is 3. The summed E-state index contributed by atoms with van der Waals surface area (Å²) in [6, 6.07) is -0.247. The highest BCUT2D eigenvalue weighted by Gasteiger charge is 2.51. The lowest BCUT2D eigenvalue weighted by atomic mass is 9.94. The van der Waals surface area contributed by atoms with E-state index in [1.165, 1.54) is 5.06 Å². The van der Waals surface area contributed by atoms with Crippen molar-refractivity contribution in [1.82, 2.24) is 10.4 Å². The summed E-state index contributed by atoms with van der Waals surface area (Å²) < 4.78 is 0. The molecule has 102 valence electrons. The van der Waals surface area contributed by atoms with Crippen LogP contribution in [0, 0.1) is 0 Å². The first kappa shape index (κ1) is 14.7. The Morgan fingerprint density at radius 3 is 2.22 bits per heavy atom. The zero-order chi connectivity index (χ0) is 14.1. The average Bonchev–Trinajstić information content (AvgIpc) is 2.37. The van der Waals surface area contributed by atoms with E-state index in [9.17, 15) is 14.8 Å². The van der Waals surface area contributed by atoms with E-state index >= 15 is 0 Å². The van der Waals surface area contributed by atoms with Crippen LogP contribution in [0.4, 0.5) is 0 Å². The van der Waals surface area contributed by atoms with Crippen molar-refractivity contribution in [3.63, 3.8) is 0 Å². The molecule has 0 aromatic carbocycles. The number of nitrogens with one attached hydrogen (secondary N) is 1. The molecule has 6 nitrogen and oxygen atoms in total. The van der Waals surface area contributed by atoms with Crippen LogP contribution in [-0.4, -0.2) is 44.4 Å². The summed E-state index contributed by atoms with van der Waals surface area (Å²) in [6.07, 6.45) is 2.35. The third kappa shape index (κ3) is 2.88. The molecule has 0 aromatic rings. The number of hydrogen-bond donors (Lipinski definition) is 3. The molecule has 18 heavy (non-hydrogen) atoms. The number of carboxylic acid groups (broad SMARTS) is 1. The minimum atomic E-state index is -1.17. The maximum atomic E-state index is 11.5. The summed E-state index contributed by atoms with van der Waals surface area (Å²) in [6.45, 7) is 7.42. The largest absolute Gasteiger partial charge is 0.478 e. The van der Waals surface area contributed by atoms with E-state index in [0.29, 0.717) is 6.42 Å². The standard InChI is InChI=1S/C12H20N2O4/c1-11(2)7-8(12(3,4)14(11)18)13-9(15)5-6-10(16)17/h5-6,8,18H,7H2,1-4H3,(H,13,15)(H,16,17)/b6-5+. The fourth-order valence-corrected chi connectivity index (χ4v) is 2.36. The van der Waals surface area contributed by atoms with Gasteiger partial charge in [-0.1, -0.05) is 0 Å². The Balaban J connectivity index is 2.74. The predicted octanol–water partition coefficient (Wildman–Crippen LogP) is 0.764. The van der Waals surface area contributed by atoms with E-state index in [-0.39, 0.29) is 6.04 Å². The van der Waals surface area contributed by atoms with Crippen LogP contribution in [0.1, 0.15) is 34.1 Å². The minimum Gasteiger partial charge on any atom is -0.478 e. The monoisotopic (exact) mass is 256 g/mol. The van der Waals surface area contributed by atoms with E-state index in [1.54, 1.807) is 0 Å². The molecule has 1 saturated heterocycles. The van der Waals surface area contributed by atoms with Gasteiger partial charge >= 0.3 is 5.97 Å². The molecule has 1 amide bonds. The maximum absolute atomic E-state index is 11.5. The van der Waals surface area contributed by atoms with Gasteiger partial charge in [-0.25, -0.2) is 4.79 Å². The van der Waals surface area contributed by atoms with E-state index in [1.807, 2.05) is 27.7 Å². The molecule has 1 fully saturated rings. The third-order valence-electron chi connectivity index (χ3n) is 3.37. The SMILES string of the molecule is CC1(C)CC(NC(=O)/C=C/C(=O)O)C(C)(C)N1O. The molecule has 6 heteroatoms. The summed E-state index contributed by atoms with van der Waals surface area (Å²) in [5.41, 5.74) is -1.03. The van der Waals surface area contributed by atoms with Crippen LogP contribution in [0.2, 0.25) is 0 Å². The Hall–Kier alpha value is -1.40. The first-order chi connectivity index (χ1) is 8.07. The minimum absolute atomic E-state index is 0.247. The fraction of sp³-hybridized carbons (Fsp3) is 0.667. The Morgan fingerprint density at radius 1 is 1.28 bits per heavy atom. The number of aliphatic carboxylic acids is 1. The van der Waals surface area contributed by atoms with Crippen molar-refractivity contribution in [3.05, 3.63) is 12.2 Å². The number of hydroxylamine groups is 2. The van der Waals surface area contributed by atoms with Crippen molar-refractivity contribution in [2.24, 2.45) is 0 Å². The number of amides is 1. The lowest BCUT2D eigenvalue weighted by Crippen LogP contribution is -2.52. The summed E-state index contributed by atoms with van der Waals surface area (Å²) in [4.78, 5) is 21.9. The van der Waals surface area contributed by atoms with Gasteiger partial charge in [0, 0.05) is 17.7 Å². The Bertz CT molecular complexity index is 388. The zero-order valence-corrected chi connectivity index (χ0v) is 11.1. The van der Waals surface area contributed by atoms with Gasteiger partial charge in [0.05, 0.1) is 11.6 Å². The molecule has 0 aliphatic carbocycles. The number of carbonyl (C=O) groups excluding carboxylic acids is 1. The van der Waals surface area contributed by atoms with Crippen LogP contribution in [0.5, 0.6) is 0 Å². The van der Waals surface area contributed by atoms with Crippen LogP contribution < -0.4 is 5.32 Å². The summed E-state index contributed by atoms with van der Waals surface area (Å²) >= 11 is 0. The predicted molar refractivity (Wildman–Crippen MR) is 65.1 cm³/mol.